The number of hydrogen-bond acceptors (Lipinski definition) is 2. The number of rotatable bonds is 3. The van der Waals surface area contributed by atoms with E-state index in [1.165, 1.54) is 0 Å². The van der Waals surface area contributed by atoms with Crippen LogP contribution in [-0.2, 0) is 11.3 Å². The van der Waals surface area contributed by atoms with Gasteiger partial charge in [-0.15, -0.1) is 0 Å². The Labute approximate surface area is 110 Å². The Hall–Kier alpha value is -0.870. The van der Waals surface area contributed by atoms with Crippen molar-refractivity contribution in [3.05, 3.63) is 34.3 Å². The lowest BCUT2D eigenvalue weighted by Crippen LogP contribution is -2.40. The van der Waals surface area contributed by atoms with Gasteiger partial charge in [0.1, 0.15) is 0 Å². The molecule has 1 aromatic carbocycles. The van der Waals surface area contributed by atoms with Gasteiger partial charge in [-0.1, -0.05) is 34.1 Å². The van der Waals surface area contributed by atoms with Crippen molar-refractivity contribution >= 4 is 21.8 Å². The first kappa shape index (κ1) is 12.6. The predicted molar refractivity (Wildman–Crippen MR) is 71.6 cm³/mol. The first-order valence-corrected chi connectivity index (χ1v) is 6.78. The number of amides is 1. The normalized spacial score (nSPS) is 19.9. The highest BCUT2D eigenvalue weighted by atomic mass is 79.9. The van der Waals surface area contributed by atoms with E-state index in [4.69, 9.17) is 0 Å². The first-order chi connectivity index (χ1) is 8.27. The fourth-order valence-corrected chi connectivity index (χ4v) is 2.47. The van der Waals surface area contributed by atoms with Crippen LogP contribution in [0, 0.1) is 5.92 Å². The van der Waals surface area contributed by atoms with Crippen LogP contribution < -0.4 is 10.6 Å². The minimum atomic E-state index is 0.131. The van der Waals surface area contributed by atoms with Crippen LogP contribution in [0.25, 0.3) is 0 Å². The van der Waals surface area contributed by atoms with Crippen molar-refractivity contribution in [3.63, 3.8) is 0 Å². The average Bonchev–Trinajstić information content (AvgIpc) is 2.38. The second-order valence-electron chi connectivity index (χ2n) is 4.35. The molecular formula is C13H17BrN2O. The van der Waals surface area contributed by atoms with E-state index >= 15 is 0 Å². The Kier molecular flexibility index (Phi) is 4.57. The predicted octanol–water partition coefficient (Wildman–Crippen LogP) is 2.06. The van der Waals surface area contributed by atoms with Gasteiger partial charge in [-0.2, -0.15) is 0 Å². The van der Waals surface area contributed by atoms with Gasteiger partial charge < -0.3 is 10.6 Å². The molecule has 1 aromatic rings. The van der Waals surface area contributed by atoms with E-state index in [2.05, 4.69) is 26.6 Å². The Morgan fingerprint density at radius 3 is 3.00 bits per heavy atom. The van der Waals surface area contributed by atoms with Crippen LogP contribution in [0.4, 0.5) is 0 Å². The number of halogens is 1. The number of carbonyl (C=O) groups excluding carboxylic acids is 1. The molecule has 4 heteroatoms. The van der Waals surface area contributed by atoms with Crippen molar-refractivity contribution in [2.45, 2.75) is 19.4 Å². The first-order valence-electron chi connectivity index (χ1n) is 5.99. The molecule has 0 bridgehead atoms. The summed E-state index contributed by atoms with van der Waals surface area (Å²) < 4.78 is 1.04. The maximum absolute atomic E-state index is 11.9. The van der Waals surface area contributed by atoms with E-state index in [1.54, 1.807) is 0 Å². The van der Waals surface area contributed by atoms with Crippen molar-refractivity contribution in [2.75, 3.05) is 13.1 Å². The lowest BCUT2D eigenvalue weighted by Gasteiger charge is -2.22. The van der Waals surface area contributed by atoms with Gasteiger partial charge in [0, 0.05) is 17.6 Å². The van der Waals surface area contributed by atoms with Crippen LogP contribution in [-0.4, -0.2) is 19.0 Å². The van der Waals surface area contributed by atoms with Gasteiger partial charge in [-0.05, 0) is 31.0 Å². The number of hydrogen-bond donors (Lipinski definition) is 2. The minimum Gasteiger partial charge on any atom is -0.352 e. The molecule has 0 aromatic heterocycles. The third-order valence-electron chi connectivity index (χ3n) is 3.08. The summed E-state index contributed by atoms with van der Waals surface area (Å²) in [6, 6.07) is 7.96. The van der Waals surface area contributed by atoms with Crippen molar-refractivity contribution in [2.24, 2.45) is 5.92 Å². The second kappa shape index (κ2) is 6.17. The maximum Gasteiger partial charge on any atom is 0.224 e. The van der Waals surface area contributed by atoms with E-state index in [0.29, 0.717) is 6.54 Å². The third kappa shape index (κ3) is 3.54. The molecular weight excluding hydrogens is 280 g/mol. The average molecular weight is 297 g/mol. The van der Waals surface area contributed by atoms with Gasteiger partial charge in [0.05, 0.1) is 5.92 Å². The Bertz CT molecular complexity index is 389. The molecule has 2 rings (SSSR count). The summed E-state index contributed by atoms with van der Waals surface area (Å²) in [5, 5.41) is 6.26. The van der Waals surface area contributed by atoms with Crippen LogP contribution in [0.1, 0.15) is 18.4 Å². The van der Waals surface area contributed by atoms with Gasteiger partial charge in [0.25, 0.3) is 0 Å². The summed E-state index contributed by atoms with van der Waals surface area (Å²) in [4.78, 5) is 11.9. The molecule has 1 aliphatic heterocycles. The largest absolute Gasteiger partial charge is 0.352 e. The molecule has 0 radical (unpaired) electrons. The number of piperidine rings is 1. The molecule has 92 valence electrons. The maximum atomic E-state index is 11.9. The van der Waals surface area contributed by atoms with Crippen LogP contribution in [0.15, 0.2) is 28.7 Å². The summed E-state index contributed by atoms with van der Waals surface area (Å²) in [5.41, 5.74) is 1.12. The number of carbonyl (C=O) groups is 1. The number of benzene rings is 1. The third-order valence-corrected chi connectivity index (χ3v) is 3.85. The van der Waals surface area contributed by atoms with Gasteiger partial charge in [0.15, 0.2) is 0 Å². The summed E-state index contributed by atoms with van der Waals surface area (Å²) in [5.74, 6) is 0.291. The monoisotopic (exact) mass is 296 g/mol. The van der Waals surface area contributed by atoms with Gasteiger partial charge in [-0.25, -0.2) is 0 Å². The highest BCUT2D eigenvalue weighted by Gasteiger charge is 2.20. The fourth-order valence-electron chi connectivity index (χ4n) is 2.04. The molecule has 1 heterocycles. The van der Waals surface area contributed by atoms with E-state index in [9.17, 15) is 4.79 Å². The summed E-state index contributed by atoms with van der Waals surface area (Å²) >= 11 is 3.48. The summed E-state index contributed by atoms with van der Waals surface area (Å²) in [6.07, 6.45) is 2.09. The zero-order valence-electron chi connectivity index (χ0n) is 9.71. The molecule has 0 aliphatic carbocycles. The molecule has 1 aliphatic rings. The Morgan fingerprint density at radius 1 is 1.47 bits per heavy atom. The SMILES string of the molecule is O=C(NCc1ccccc1Br)[C@H]1CCCNC1. The zero-order chi connectivity index (χ0) is 12.1. The number of nitrogens with one attached hydrogen (secondary N) is 2. The van der Waals surface area contributed by atoms with Crippen LogP contribution in [0.2, 0.25) is 0 Å². The van der Waals surface area contributed by atoms with Gasteiger partial charge in [-0.3, -0.25) is 4.79 Å². The van der Waals surface area contributed by atoms with E-state index in [1.807, 2.05) is 24.3 Å². The van der Waals surface area contributed by atoms with Crippen LogP contribution in [0.5, 0.6) is 0 Å². The van der Waals surface area contributed by atoms with Crippen LogP contribution >= 0.6 is 15.9 Å². The lowest BCUT2D eigenvalue weighted by atomic mass is 9.99. The highest BCUT2D eigenvalue weighted by Crippen LogP contribution is 2.16. The lowest BCUT2D eigenvalue weighted by molar-refractivity contribution is -0.125. The van der Waals surface area contributed by atoms with Crippen LogP contribution in [0.3, 0.4) is 0 Å². The minimum absolute atomic E-state index is 0.131. The molecule has 1 saturated heterocycles. The molecule has 1 fully saturated rings. The van der Waals surface area contributed by atoms with E-state index in [0.717, 1.165) is 36.0 Å². The molecule has 2 N–H and O–H groups in total. The van der Waals surface area contributed by atoms with Crippen molar-refractivity contribution in [3.8, 4) is 0 Å². The molecule has 0 unspecified atom stereocenters. The van der Waals surface area contributed by atoms with Crippen molar-refractivity contribution < 1.29 is 4.79 Å². The summed E-state index contributed by atoms with van der Waals surface area (Å²) in [7, 11) is 0. The zero-order valence-corrected chi connectivity index (χ0v) is 11.3. The smallest absolute Gasteiger partial charge is 0.224 e. The fraction of sp³-hybridized carbons (Fsp3) is 0.462. The molecule has 3 nitrogen and oxygen atoms in total. The van der Waals surface area contributed by atoms with E-state index in [-0.39, 0.29) is 11.8 Å². The second-order valence-corrected chi connectivity index (χ2v) is 5.21. The quantitative estimate of drug-likeness (QED) is 0.896. The molecule has 1 atom stereocenters. The van der Waals surface area contributed by atoms with Crippen molar-refractivity contribution in [1.29, 1.82) is 0 Å². The molecule has 1 amide bonds. The summed E-state index contributed by atoms with van der Waals surface area (Å²) in [6.45, 7) is 2.44. The Balaban J connectivity index is 1.85. The highest BCUT2D eigenvalue weighted by molar-refractivity contribution is 9.10. The van der Waals surface area contributed by atoms with Crippen molar-refractivity contribution in [1.82, 2.24) is 10.6 Å². The molecule has 17 heavy (non-hydrogen) atoms. The Morgan fingerprint density at radius 2 is 2.29 bits per heavy atom. The van der Waals surface area contributed by atoms with Gasteiger partial charge >= 0.3 is 0 Å². The standard InChI is InChI=1S/C13H17BrN2O/c14-12-6-2-1-4-10(12)9-16-13(17)11-5-3-7-15-8-11/h1-2,4,6,11,15H,3,5,7-9H2,(H,16,17)/t11-/m0/s1. The topological polar surface area (TPSA) is 41.1 Å². The molecule has 0 spiro atoms. The molecule has 0 saturated carbocycles. The van der Waals surface area contributed by atoms with E-state index < -0.39 is 0 Å². The van der Waals surface area contributed by atoms with Gasteiger partial charge in [0.2, 0.25) is 5.91 Å².